The molecule has 0 aliphatic carbocycles. The molecule has 0 atom stereocenters. The maximum Gasteiger partial charge on any atom is 0.123 e. The standard InChI is InChI=1S/C18H21FIN/c1-11(2)17-9-15(13-5-7-14(19)8-6-13)16(10-20)18(21-17)12(3)4/h5-9,11-12H,10H2,1-4H3. The molecule has 112 valence electrons. The van der Waals surface area contributed by atoms with E-state index in [9.17, 15) is 4.39 Å². The molecule has 3 heteroatoms. The van der Waals surface area contributed by atoms with Crippen LogP contribution < -0.4 is 0 Å². The number of nitrogens with zero attached hydrogens (tertiary/aromatic N) is 1. The van der Waals surface area contributed by atoms with Crippen LogP contribution in [0.1, 0.15) is 56.5 Å². The molecule has 1 aromatic heterocycles. The molecule has 0 saturated carbocycles. The number of hydrogen-bond donors (Lipinski definition) is 0. The van der Waals surface area contributed by atoms with E-state index in [4.69, 9.17) is 4.98 Å². The minimum absolute atomic E-state index is 0.197. The summed E-state index contributed by atoms with van der Waals surface area (Å²) in [6.45, 7) is 8.67. The van der Waals surface area contributed by atoms with Crippen molar-refractivity contribution in [2.75, 3.05) is 0 Å². The zero-order chi connectivity index (χ0) is 15.6. The largest absolute Gasteiger partial charge is 0.257 e. The maximum absolute atomic E-state index is 13.2. The van der Waals surface area contributed by atoms with Crippen molar-refractivity contribution in [3.63, 3.8) is 0 Å². The van der Waals surface area contributed by atoms with E-state index in [0.717, 1.165) is 21.4 Å². The molecule has 1 heterocycles. The molecule has 0 aliphatic rings. The molecule has 0 spiro atoms. The third kappa shape index (κ3) is 3.62. The average Bonchev–Trinajstić information content (AvgIpc) is 2.46. The molecule has 0 unspecified atom stereocenters. The summed E-state index contributed by atoms with van der Waals surface area (Å²) in [4.78, 5) is 4.87. The molecule has 21 heavy (non-hydrogen) atoms. The van der Waals surface area contributed by atoms with Crippen molar-refractivity contribution in [1.29, 1.82) is 0 Å². The van der Waals surface area contributed by atoms with Crippen LogP contribution in [0.2, 0.25) is 0 Å². The zero-order valence-corrected chi connectivity index (χ0v) is 15.1. The smallest absolute Gasteiger partial charge is 0.123 e. The van der Waals surface area contributed by atoms with Gasteiger partial charge in [0.25, 0.3) is 0 Å². The Balaban J connectivity index is 2.69. The van der Waals surface area contributed by atoms with E-state index in [2.05, 4.69) is 56.4 Å². The van der Waals surface area contributed by atoms with E-state index in [-0.39, 0.29) is 5.82 Å². The first-order valence-electron chi connectivity index (χ1n) is 7.29. The van der Waals surface area contributed by atoms with Crippen molar-refractivity contribution in [3.8, 4) is 11.1 Å². The Kier molecular flexibility index (Phi) is 5.36. The summed E-state index contributed by atoms with van der Waals surface area (Å²) in [6.07, 6.45) is 0. The predicted molar refractivity (Wildman–Crippen MR) is 95.5 cm³/mol. The highest BCUT2D eigenvalue weighted by molar-refractivity contribution is 14.1. The van der Waals surface area contributed by atoms with Gasteiger partial charge in [-0.25, -0.2) is 4.39 Å². The van der Waals surface area contributed by atoms with Gasteiger partial charge in [0, 0.05) is 15.8 Å². The van der Waals surface area contributed by atoms with E-state index in [0.29, 0.717) is 11.8 Å². The van der Waals surface area contributed by atoms with Crippen LogP contribution in [-0.2, 0) is 4.43 Å². The van der Waals surface area contributed by atoms with Gasteiger partial charge < -0.3 is 0 Å². The molecule has 0 bridgehead atoms. The lowest BCUT2D eigenvalue weighted by molar-refractivity contribution is 0.628. The predicted octanol–water partition coefficient (Wildman–Crippen LogP) is 6.07. The number of hydrogen-bond acceptors (Lipinski definition) is 1. The maximum atomic E-state index is 13.2. The Morgan fingerprint density at radius 2 is 1.67 bits per heavy atom. The quantitative estimate of drug-likeness (QED) is 0.451. The Bertz CT molecular complexity index is 618. The Labute approximate surface area is 140 Å². The van der Waals surface area contributed by atoms with E-state index >= 15 is 0 Å². The second-order valence-electron chi connectivity index (χ2n) is 5.91. The van der Waals surface area contributed by atoms with E-state index in [1.165, 1.54) is 23.3 Å². The number of alkyl halides is 1. The first kappa shape index (κ1) is 16.4. The van der Waals surface area contributed by atoms with Gasteiger partial charge in [-0.05, 0) is 46.7 Å². The minimum Gasteiger partial charge on any atom is -0.257 e. The fourth-order valence-electron chi connectivity index (χ4n) is 2.41. The van der Waals surface area contributed by atoms with Crippen LogP contribution >= 0.6 is 22.6 Å². The number of halogens is 2. The normalized spacial score (nSPS) is 11.4. The monoisotopic (exact) mass is 397 g/mol. The Morgan fingerprint density at radius 1 is 1.05 bits per heavy atom. The summed E-state index contributed by atoms with van der Waals surface area (Å²) in [5, 5.41) is 0. The number of pyridine rings is 1. The van der Waals surface area contributed by atoms with Gasteiger partial charge in [-0.15, -0.1) is 0 Å². The fraction of sp³-hybridized carbons (Fsp3) is 0.389. The molecule has 0 amide bonds. The summed E-state index contributed by atoms with van der Waals surface area (Å²) in [5.41, 5.74) is 5.78. The van der Waals surface area contributed by atoms with Crippen LogP contribution in [0.3, 0.4) is 0 Å². The summed E-state index contributed by atoms with van der Waals surface area (Å²) < 4.78 is 14.1. The van der Waals surface area contributed by atoms with Gasteiger partial charge in [-0.3, -0.25) is 4.98 Å². The molecule has 2 aromatic rings. The lowest BCUT2D eigenvalue weighted by Gasteiger charge is -2.19. The molecular weight excluding hydrogens is 376 g/mol. The SMILES string of the molecule is CC(C)c1cc(-c2ccc(F)cc2)c(CI)c(C(C)C)n1. The highest BCUT2D eigenvalue weighted by Gasteiger charge is 2.17. The second kappa shape index (κ2) is 6.86. The number of benzene rings is 1. The Morgan fingerprint density at radius 3 is 2.14 bits per heavy atom. The van der Waals surface area contributed by atoms with E-state index < -0.39 is 0 Å². The Hall–Kier alpha value is -0.970. The summed E-state index contributed by atoms with van der Waals surface area (Å²) >= 11 is 2.39. The summed E-state index contributed by atoms with van der Waals surface area (Å²) in [6, 6.07) is 8.93. The van der Waals surface area contributed by atoms with E-state index in [1.54, 1.807) is 0 Å². The van der Waals surface area contributed by atoms with Crippen molar-refractivity contribution in [1.82, 2.24) is 4.98 Å². The summed E-state index contributed by atoms with van der Waals surface area (Å²) in [5.74, 6) is 0.564. The highest BCUT2D eigenvalue weighted by atomic mass is 127. The topological polar surface area (TPSA) is 12.9 Å². The fourth-order valence-corrected chi connectivity index (χ4v) is 3.21. The van der Waals surface area contributed by atoms with Crippen molar-refractivity contribution < 1.29 is 4.39 Å². The lowest BCUT2D eigenvalue weighted by atomic mass is 9.93. The molecule has 2 rings (SSSR count). The second-order valence-corrected chi connectivity index (χ2v) is 6.67. The van der Waals surface area contributed by atoms with Crippen LogP contribution in [0.15, 0.2) is 30.3 Å². The first-order chi connectivity index (χ1) is 9.93. The number of aromatic nitrogens is 1. The summed E-state index contributed by atoms with van der Waals surface area (Å²) in [7, 11) is 0. The number of rotatable bonds is 4. The van der Waals surface area contributed by atoms with Gasteiger partial charge in [0.2, 0.25) is 0 Å². The molecule has 0 N–H and O–H groups in total. The van der Waals surface area contributed by atoms with Gasteiger partial charge in [0.15, 0.2) is 0 Å². The van der Waals surface area contributed by atoms with Crippen molar-refractivity contribution in [3.05, 3.63) is 53.1 Å². The van der Waals surface area contributed by atoms with Crippen LogP contribution in [0.4, 0.5) is 4.39 Å². The molecule has 0 radical (unpaired) electrons. The molecule has 0 saturated heterocycles. The molecule has 1 aromatic carbocycles. The average molecular weight is 397 g/mol. The van der Waals surface area contributed by atoms with Gasteiger partial charge in [-0.2, -0.15) is 0 Å². The highest BCUT2D eigenvalue weighted by Crippen LogP contribution is 2.33. The van der Waals surface area contributed by atoms with Crippen molar-refractivity contribution >= 4 is 22.6 Å². The van der Waals surface area contributed by atoms with Crippen molar-refractivity contribution in [2.24, 2.45) is 0 Å². The van der Waals surface area contributed by atoms with Gasteiger partial charge in [0.1, 0.15) is 5.82 Å². The van der Waals surface area contributed by atoms with Gasteiger partial charge in [-0.1, -0.05) is 62.4 Å². The molecule has 0 aliphatic heterocycles. The van der Waals surface area contributed by atoms with Crippen LogP contribution in [0.5, 0.6) is 0 Å². The zero-order valence-electron chi connectivity index (χ0n) is 13.0. The lowest BCUT2D eigenvalue weighted by Crippen LogP contribution is -2.06. The van der Waals surface area contributed by atoms with Crippen LogP contribution in [0.25, 0.3) is 11.1 Å². The molecule has 0 fully saturated rings. The minimum atomic E-state index is -0.197. The third-order valence-electron chi connectivity index (χ3n) is 3.60. The van der Waals surface area contributed by atoms with Crippen molar-refractivity contribution in [2.45, 2.75) is 44.0 Å². The van der Waals surface area contributed by atoms with Gasteiger partial charge in [0.05, 0.1) is 0 Å². The van der Waals surface area contributed by atoms with Crippen LogP contribution in [-0.4, -0.2) is 4.98 Å². The molecular formula is C18H21FIN. The van der Waals surface area contributed by atoms with E-state index in [1.807, 2.05) is 12.1 Å². The van der Waals surface area contributed by atoms with Crippen LogP contribution in [0, 0.1) is 5.82 Å². The molecule has 1 nitrogen and oxygen atoms in total. The third-order valence-corrected chi connectivity index (χ3v) is 4.37. The van der Waals surface area contributed by atoms with Gasteiger partial charge >= 0.3 is 0 Å². The first-order valence-corrected chi connectivity index (χ1v) is 8.82.